The molecule has 450 valence electrons. The maximum atomic E-state index is 11.0. The number of hydrogen-bond acceptors (Lipinski definition) is 19. The Bertz CT molecular complexity index is 4000. The van der Waals surface area contributed by atoms with Gasteiger partial charge < -0.3 is 49.8 Å². The molecule has 6 saturated heterocycles. The molecule has 0 radical (unpaired) electrons. The highest BCUT2D eigenvalue weighted by Gasteiger charge is 2.31. The molecule has 7 heterocycles. The monoisotopic (exact) mass is 1210 g/mol. The number of anilines is 3. The highest BCUT2D eigenvalue weighted by atomic mass is 35.5. The lowest BCUT2D eigenvalue weighted by Crippen LogP contribution is -2.52. The quantitative estimate of drug-likeness (QED) is 0.102. The van der Waals surface area contributed by atoms with E-state index in [4.69, 9.17) is 84.3 Å². The number of nitrogens with zero attached hydrogens (tertiary/aromatic N) is 12. The van der Waals surface area contributed by atoms with Gasteiger partial charge in [0.15, 0.2) is 16.0 Å². The highest BCUT2D eigenvalue weighted by molar-refractivity contribution is 6.34. The second kappa shape index (κ2) is 31.2. The van der Waals surface area contributed by atoms with Crippen LogP contribution in [0.1, 0.15) is 108 Å². The van der Waals surface area contributed by atoms with Gasteiger partial charge in [0.1, 0.15) is 17.2 Å². The van der Waals surface area contributed by atoms with Gasteiger partial charge in [0.25, 0.3) is 17.3 Å². The number of carbonyl (C=O) groups excluding carboxylic acids is 1. The maximum Gasteiger partial charge on any atom is 0.273 e. The number of aromatic nitrogens is 2. The number of aryl methyl sites for hydroxylation is 2. The summed E-state index contributed by atoms with van der Waals surface area (Å²) < 4.78 is 260. The average Bonchev–Trinajstić information content (AvgIpc) is 0.687. The first-order valence-corrected chi connectivity index (χ1v) is 26.5. The largest absolute Gasteiger partial charge is 0.495 e. The molecule has 3 N–H and O–H groups in total. The standard InChI is InChI=1S/C18H29N3O.C17H26N4O3.C16H24N4O3.C7H7Cl2N3O/c1-15-4-5-17(18(14-15)22-3)21-8-6-16(7-9-21)20-12-10-19(2)11-13-20;1-18-9-11-19(12-10-18)14-5-7-20(8-6-14)16-4-3-15(21(22)23)13-17(16)24-2;1-23-16-12-14(20(21)22)2-3-15(16)19-8-4-13(5-9-19)18-10-6-17-7-11-18;1-2-3-5(8)12-6(9)4(11-3)7(10)13/h4-5,14,16H,6-13H2,1-3H3;3-4,13-14H,5-12H2,1-2H3;2-3,12-13,17H,4-11H2,1H3;2H2,1H3,(H2,10,13)/i2D3,10D2,11D2,12D2,13D2;1D3,9D2,10D2,11D2,12D2;6D2,7D2,10D2,11D2;. The number of methoxy groups -OCH3 is 3. The van der Waals surface area contributed by atoms with Crippen molar-refractivity contribution in [2.24, 2.45) is 5.73 Å². The predicted octanol–water partition coefficient (Wildman–Crippen LogP) is 6.96. The van der Waals surface area contributed by atoms with Crippen LogP contribution in [0.4, 0.5) is 28.4 Å². The lowest BCUT2D eigenvalue weighted by Gasteiger charge is -2.42. The number of ether oxygens (including phenoxy) is 3. The smallest absolute Gasteiger partial charge is 0.273 e. The molecular formula is C58H86Cl2N14O8. The lowest BCUT2D eigenvalue weighted by atomic mass is 10.0. The van der Waals surface area contributed by atoms with Crippen molar-refractivity contribution >= 4 is 57.5 Å². The van der Waals surface area contributed by atoms with Crippen molar-refractivity contribution in [1.29, 1.82) is 0 Å². The molecule has 0 bridgehead atoms. The topological polar surface area (TPSA) is 221 Å². The molecule has 6 fully saturated rings. The summed E-state index contributed by atoms with van der Waals surface area (Å²) in [5.41, 5.74) is 8.17. The summed E-state index contributed by atoms with van der Waals surface area (Å²) in [6.45, 7) is -38.6. The normalized spacial score (nSPS) is 32.5. The first kappa shape index (κ1) is 34.2. The van der Waals surface area contributed by atoms with Crippen LogP contribution in [0, 0.1) is 27.2 Å². The van der Waals surface area contributed by atoms with Crippen LogP contribution in [0.25, 0.3) is 0 Å². The minimum Gasteiger partial charge on any atom is -0.495 e. The number of nitro groups is 2. The molecule has 24 heteroatoms. The Morgan fingerprint density at radius 1 is 0.622 bits per heavy atom. The first-order valence-electron chi connectivity index (χ1n) is 40.8. The molecule has 0 spiro atoms. The SMILES string of the molecule is CCc1nc(C(N)=O)c(Cl)nc1Cl.[2H]C([2H])([2H])N1C([2H])([2H])C([2H])([2H])N(C2CCN(c3ccc(C)cc3OC)CC2)C([2H])([2H])C1([2H])[2H].[2H]C([2H])([2H])N1C([2H])([2H])C([2H])([2H])N(C2CCN(c3ccc([N+](=O)[O-])cc3OC)CC2)C([2H])([2H])C1([2H])[2H].[2H]C1([2H])NC([2H])([2H])C([2H])([2H])N(C2CCN(c3ccc([N+](=O)[O-])cc3OC)CC2)C1([2H])[2H]. The molecular weight excluding hydrogens is 1090 g/mol. The zero-order chi connectivity index (χ0) is 85.4. The van der Waals surface area contributed by atoms with E-state index >= 15 is 0 Å². The molecule has 0 unspecified atom stereocenters. The zero-order valence-corrected chi connectivity index (χ0v) is 47.1. The number of halogens is 2. The maximum absolute atomic E-state index is 11.0. The molecule has 0 saturated carbocycles. The molecule has 3 aromatic carbocycles. The summed E-state index contributed by atoms with van der Waals surface area (Å²) in [6.07, 6.45) is 1.63. The van der Waals surface area contributed by atoms with Crippen LogP contribution in [0.2, 0.25) is 10.3 Å². The van der Waals surface area contributed by atoms with Crippen LogP contribution in [-0.2, 0) is 6.42 Å². The van der Waals surface area contributed by atoms with E-state index in [9.17, 15) is 25.0 Å². The Hall–Kier alpha value is -5.85. The van der Waals surface area contributed by atoms with E-state index in [0.717, 1.165) is 11.3 Å². The van der Waals surface area contributed by atoms with Crippen molar-refractivity contribution in [2.75, 3.05) is 167 Å². The number of nitrogens with one attached hydrogen (secondary N) is 1. The Kier molecular flexibility index (Phi) is 13.0. The van der Waals surface area contributed by atoms with Crippen molar-refractivity contribution in [3.8, 4) is 17.2 Å². The number of nitrogens with two attached hydrogens (primary N) is 1. The molecule has 1 amide bonds. The van der Waals surface area contributed by atoms with Crippen molar-refractivity contribution in [3.05, 3.63) is 102 Å². The van der Waals surface area contributed by atoms with Crippen molar-refractivity contribution in [2.45, 2.75) is 76.9 Å². The summed E-state index contributed by atoms with van der Waals surface area (Å²) in [6, 6.07) is 11.4. The Labute approximate surface area is 536 Å². The summed E-state index contributed by atoms with van der Waals surface area (Å²) in [7, 11) is 4.30. The molecule has 10 rings (SSSR count). The predicted molar refractivity (Wildman–Crippen MR) is 325 cm³/mol. The van der Waals surface area contributed by atoms with Crippen LogP contribution in [0.15, 0.2) is 54.6 Å². The number of hydrogen-bond donors (Lipinski definition) is 2. The van der Waals surface area contributed by atoms with Crippen LogP contribution >= 0.6 is 23.2 Å². The van der Waals surface area contributed by atoms with Crippen LogP contribution in [0.5, 0.6) is 17.2 Å². The van der Waals surface area contributed by atoms with Gasteiger partial charge in [-0.15, -0.1) is 0 Å². The van der Waals surface area contributed by atoms with Crippen LogP contribution in [0.3, 0.4) is 0 Å². The Morgan fingerprint density at radius 3 is 1.35 bits per heavy atom. The molecule has 82 heavy (non-hydrogen) atoms. The Balaban J connectivity index is 0.000000216. The van der Waals surface area contributed by atoms with Gasteiger partial charge in [-0.3, -0.25) is 39.7 Å². The van der Waals surface area contributed by atoms with E-state index in [0.29, 0.717) is 75.9 Å². The van der Waals surface area contributed by atoms with E-state index < -0.39 is 126 Å². The van der Waals surface area contributed by atoms with Crippen LogP contribution < -0.4 is 40.0 Å². The van der Waals surface area contributed by atoms with E-state index in [-0.39, 0.29) is 94.5 Å². The summed E-state index contributed by atoms with van der Waals surface area (Å²) in [5.74, 6) is 0.498. The number of primary amides is 1. The number of rotatable bonds is 13. The summed E-state index contributed by atoms with van der Waals surface area (Å²) in [5, 5.41) is 24.0. The molecule has 0 atom stereocenters. The zero-order valence-electron chi connectivity index (χ0n) is 75.6. The van der Waals surface area contributed by atoms with Crippen molar-refractivity contribution in [1.82, 2.24) is 39.8 Å². The van der Waals surface area contributed by atoms with Gasteiger partial charge in [-0.2, -0.15) is 0 Å². The molecule has 6 aliphatic heterocycles. The number of piperazine rings is 3. The molecule has 6 aliphatic rings. The molecule has 1 aromatic heterocycles. The van der Waals surface area contributed by atoms with Crippen molar-refractivity contribution < 1.29 is 70.0 Å². The third-order valence-corrected chi connectivity index (χ3v) is 14.2. The number of non-ortho nitro benzene ring substituents is 2. The minimum absolute atomic E-state index is 0.0390. The fourth-order valence-corrected chi connectivity index (χ4v) is 9.87. The van der Waals surface area contributed by atoms with Crippen molar-refractivity contribution in [3.63, 3.8) is 0 Å². The third-order valence-electron chi connectivity index (χ3n) is 13.6. The van der Waals surface area contributed by atoms with Gasteiger partial charge in [0, 0.05) is 189 Å². The number of likely N-dealkylation sites (N-methyl/N-ethyl adjacent to an activating group) is 2. The fourth-order valence-electron chi connectivity index (χ4n) is 9.35. The second-order valence-corrected chi connectivity index (χ2v) is 19.4. The van der Waals surface area contributed by atoms with E-state index in [1.165, 1.54) is 44.6 Å². The number of benzene rings is 3. The van der Waals surface area contributed by atoms with Gasteiger partial charge in [-0.1, -0.05) is 36.2 Å². The van der Waals surface area contributed by atoms with E-state index in [1.807, 2.05) is 47.2 Å². The van der Waals surface area contributed by atoms with Gasteiger partial charge in [-0.25, -0.2) is 9.97 Å². The fraction of sp³-hybridized carbons (Fsp3) is 0.603. The van der Waals surface area contributed by atoms with Gasteiger partial charge in [-0.05, 0) is 95.7 Å². The number of piperidine rings is 3. The lowest BCUT2D eigenvalue weighted by molar-refractivity contribution is -0.385. The van der Waals surface area contributed by atoms with Gasteiger partial charge >= 0.3 is 0 Å². The second-order valence-electron chi connectivity index (χ2n) is 18.6. The number of nitro benzene ring substituents is 2. The van der Waals surface area contributed by atoms with E-state index in [1.54, 1.807) is 18.1 Å². The van der Waals surface area contributed by atoms with Crippen LogP contribution in [-0.4, -0.2) is 221 Å². The van der Waals surface area contributed by atoms with E-state index in [2.05, 4.69) is 9.97 Å². The number of amides is 1. The molecule has 0 aliphatic carbocycles. The third kappa shape index (κ3) is 17.4. The summed E-state index contributed by atoms with van der Waals surface area (Å²) in [4.78, 5) is 46.2. The highest BCUT2D eigenvalue weighted by Crippen LogP contribution is 2.37. The first-order chi connectivity index (χ1) is 50.9. The van der Waals surface area contributed by atoms with Gasteiger partial charge in [0.2, 0.25) is 0 Å². The summed E-state index contributed by atoms with van der Waals surface area (Å²) >= 11 is 11.3. The minimum atomic E-state index is -3.45. The molecule has 22 nitrogen and oxygen atoms in total. The Morgan fingerprint density at radius 2 is 1.00 bits per heavy atom. The van der Waals surface area contributed by atoms with Gasteiger partial charge in [0.05, 0.1) is 66.1 Å². The molecule has 4 aromatic rings. The average molecular weight is 1210 g/mol. The number of carbonyl (C=O) groups is 1.